The van der Waals surface area contributed by atoms with Crippen LogP contribution in [0.4, 0.5) is 10.8 Å². The highest BCUT2D eigenvalue weighted by atomic mass is 32.1. The normalized spacial score (nSPS) is 18.2. The summed E-state index contributed by atoms with van der Waals surface area (Å²) in [5.74, 6) is -0.712. The molecule has 0 spiro atoms. The van der Waals surface area contributed by atoms with Crippen molar-refractivity contribution in [3.05, 3.63) is 76.8 Å². The van der Waals surface area contributed by atoms with Gasteiger partial charge in [-0.1, -0.05) is 48.5 Å². The number of anilines is 2. The average molecular weight is 490 g/mol. The molecule has 5 rings (SSSR count). The molecule has 2 aliphatic heterocycles. The van der Waals surface area contributed by atoms with Gasteiger partial charge in [-0.05, 0) is 6.07 Å². The Kier molecular flexibility index (Phi) is 6.51. The molecule has 0 saturated carbocycles. The van der Waals surface area contributed by atoms with E-state index in [0.29, 0.717) is 30.3 Å². The molecule has 4 N–H and O–H groups in total. The molecule has 1 atom stereocenters. The fourth-order valence-corrected chi connectivity index (χ4v) is 4.59. The van der Waals surface area contributed by atoms with Crippen LogP contribution in [0.25, 0.3) is 0 Å². The van der Waals surface area contributed by atoms with Gasteiger partial charge in [0, 0.05) is 29.6 Å². The molecule has 178 valence electrons. The molecule has 2 aromatic carbocycles. The largest absolute Gasteiger partial charge is 0.405 e. The molecule has 3 heterocycles. The van der Waals surface area contributed by atoms with Gasteiger partial charge >= 0.3 is 0 Å². The van der Waals surface area contributed by atoms with Crippen LogP contribution in [-0.2, 0) is 14.3 Å². The van der Waals surface area contributed by atoms with Crippen LogP contribution in [0.5, 0.6) is 0 Å². The number of rotatable bonds is 4. The summed E-state index contributed by atoms with van der Waals surface area (Å²) in [7, 11) is 0. The number of hydrogen-bond acceptors (Lipinski definition) is 9. The molecule has 1 fully saturated rings. The second kappa shape index (κ2) is 10.0. The SMILES string of the molecule is N=C(O/C(N)=N/[C@H]1N=C(c2ccccc2)c2ccccc2NC1=O)c1csc(N2CCOCC2)n1. The standard InChI is InChI=1S/C24H23N7O3S/c25-20(18-14-35-24(28-18)31-10-12-33-13-11-31)34-23(26)30-21-22(32)27-17-9-5-4-8-16(17)19(29-21)15-6-2-1-3-7-15/h1-9,14,21,25H,10-13H2,(H2,26,30)(H,27,32)/t21-/m1/s1. The lowest BCUT2D eigenvalue weighted by Crippen LogP contribution is -2.36. The first-order valence-corrected chi connectivity index (χ1v) is 11.9. The first-order valence-electron chi connectivity index (χ1n) is 11.0. The van der Waals surface area contributed by atoms with E-state index in [1.165, 1.54) is 11.3 Å². The summed E-state index contributed by atoms with van der Waals surface area (Å²) in [6.07, 6.45) is -1.19. The van der Waals surface area contributed by atoms with Gasteiger partial charge in [0.1, 0.15) is 5.69 Å². The summed E-state index contributed by atoms with van der Waals surface area (Å²) in [5.41, 5.74) is 9.15. The van der Waals surface area contributed by atoms with Crippen molar-refractivity contribution in [2.45, 2.75) is 6.17 Å². The monoisotopic (exact) mass is 489 g/mol. The first kappa shape index (κ1) is 22.7. The number of fused-ring (bicyclic) bond motifs is 1. The molecular weight excluding hydrogens is 466 g/mol. The van der Waals surface area contributed by atoms with Crippen molar-refractivity contribution >= 4 is 45.7 Å². The van der Waals surface area contributed by atoms with Crippen molar-refractivity contribution < 1.29 is 14.3 Å². The van der Waals surface area contributed by atoms with E-state index < -0.39 is 12.1 Å². The fourth-order valence-electron chi connectivity index (χ4n) is 3.73. The zero-order valence-corrected chi connectivity index (χ0v) is 19.5. The van der Waals surface area contributed by atoms with Gasteiger partial charge in [-0.25, -0.2) is 9.98 Å². The number of nitrogens with two attached hydrogens (primary N) is 1. The minimum Gasteiger partial charge on any atom is -0.405 e. The van der Waals surface area contributed by atoms with Gasteiger partial charge < -0.3 is 25.4 Å². The molecule has 11 heteroatoms. The molecule has 3 aromatic rings. The lowest BCUT2D eigenvalue weighted by Gasteiger charge is -2.25. The van der Waals surface area contributed by atoms with Gasteiger partial charge in [-0.3, -0.25) is 10.2 Å². The molecule has 1 aromatic heterocycles. The Labute approximate surface area is 205 Å². The highest BCUT2D eigenvalue weighted by molar-refractivity contribution is 7.13. The number of morpholine rings is 1. The van der Waals surface area contributed by atoms with Gasteiger partial charge in [0.25, 0.3) is 11.9 Å². The molecule has 0 bridgehead atoms. The molecule has 35 heavy (non-hydrogen) atoms. The molecule has 10 nitrogen and oxygen atoms in total. The van der Waals surface area contributed by atoms with Crippen LogP contribution in [0, 0.1) is 5.41 Å². The zero-order valence-electron chi connectivity index (χ0n) is 18.7. The number of amidine groups is 1. The maximum atomic E-state index is 12.9. The van der Waals surface area contributed by atoms with Crippen LogP contribution in [0.15, 0.2) is 70.0 Å². The van der Waals surface area contributed by atoms with E-state index in [-0.39, 0.29) is 11.9 Å². The Balaban J connectivity index is 1.37. The number of para-hydroxylation sites is 1. The minimum atomic E-state index is -1.19. The molecule has 1 amide bonds. The number of aliphatic imine (C=N–C) groups is 2. The molecule has 0 aliphatic carbocycles. The molecule has 2 aliphatic rings. The number of ether oxygens (including phenoxy) is 2. The summed E-state index contributed by atoms with van der Waals surface area (Å²) >= 11 is 1.41. The van der Waals surface area contributed by atoms with Crippen LogP contribution in [0.3, 0.4) is 0 Å². The lowest BCUT2D eigenvalue weighted by molar-refractivity contribution is -0.117. The van der Waals surface area contributed by atoms with Crippen molar-refractivity contribution in [2.75, 3.05) is 36.5 Å². The number of nitrogens with one attached hydrogen (secondary N) is 2. The van der Waals surface area contributed by atoms with Gasteiger partial charge in [0.2, 0.25) is 12.1 Å². The highest BCUT2D eigenvalue weighted by Crippen LogP contribution is 2.25. The molecule has 0 unspecified atom stereocenters. The van der Waals surface area contributed by atoms with E-state index in [0.717, 1.165) is 29.3 Å². The van der Waals surface area contributed by atoms with Crippen LogP contribution in [0.1, 0.15) is 16.8 Å². The maximum Gasteiger partial charge on any atom is 0.291 e. The third-order valence-electron chi connectivity index (χ3n) is 5.44. The quantitative estimate of drug-likeness (QED) is 0.380. The van der Waals surface area contributed by atoms with Crippen molar-refractivity contribution in [3.8, 4) is 0 Å². The summed E-state index contributed by atoms with van der Waals surface area (Å²) < 4.78 is 10.8. The Morgan fingerprint density at radius 2 is 1.91 bits per heavy atom. The van der Waals surface area contributed by atoms with E-state index in [4.69, 9.17) is 20.6 Å². The Bertz CT molecular complexity index is 1300. The van der Waals surface area contributed by atoms with E-state index in [1.54, 1.807) is 5.38 Å². The van der Waals surface area contributed by atoms with E-state index in [9.17, 15) is 4.79 Å². The number of carbonyl (C=O) groups is 1. The number of hydrogen-bond donors (Lipinski definition) is 3. The Hall–Kier alpha value is -4.09. The highest BCUT2D eigenvalue weighted by Gasteiger charge is 2.26. The molecule has 0 radical (unpaired) electrons. The number of carbonyl (C=O) groups excluding carboxylic acids is 1. The van der Waals surface area contributed by atoms with Crippen LogP contribution < -0.4 is 16.0 Å². The summed E-state index contributed by atoms with van der Waals surface area (Å²) in [5, 5.41) is 13.6. The summed E-state index contributed by atoms with van der Waals surface area (Å²) in [6, 6.07) is 16.6. The zero-order chi connectivity index (χ0) is 24.2. The van der Waals surface area contributed by atoms with Crippen molar-refractivity contribution in [2.24, 2.45) is 15.7 Å². The average Bonchev–Trinajstić information content (AvgIpc) is 3.34. The molecule has 1 saturated heterocycles. The number of nitrogens with zero attached hydrogens (tertiary/aromatic N) is 4. The summed E-state index contributed by atoms with van der Waals surface area (Å²) in [6.45, 7) is 2.76. The first-order chi connectivity index (χ1) is 17.1. The topological polar surface area (TPSA) is 138 Å². The number of thiazole rings is 1. The Morgan fingerprint density at radius 1 is 1.17 bits per heavy atom. The maximum absolute atomic E-state index is 12.9. The predicted molar refractivity (Wildman–Crippen MR) is 136 cm³/mol. The Morgan fingerprint density at radius 3 is 2.71 bits per heavy atom. The van der Waals surface area contributed by atoms with Gasteiger partial charge in [-0.2, -0.15) is 4.99 Å². The van der Waals surface area contributed by atoms with Crippen molar-refractivity contribution in [1.82, 2.24) is 4.98 Å². The minimum absolute atomic E-state index is 0.258. The number of amides is 1. The number of benzene rings is 2. The molecular formula is C24H23N7O3S. The van der Waals surface area contributed by atoms with Crippen molar-refractivity contribution in [3.63, 3.8) is 0 Å². The third-order valence-corrected chi connectivity index (χ3v) is 6.34. The van der Waals surface area contributed by atoms with Gasteiger partial charge in [-0.15, -0.1) is 11.3 Å². The lowest BCUT2D eigenvalue weighted by atomic mass is 10.0. The van der Waals surface area contributed by atoms with Crippen molar-refractivity contribution in [1.29, 1.82) is 5.41 Å². The second-order valence-corrected chi connectivity index (χ2v) is 8.60. The second-order valence-electron chi connectivity index (χ2n) is 7.77. The fraction of sp³-hybridized carbons (Fsp3) is 0.208. The number of benzodiazepines with no additional fused rings is 1. The predicted octanol–water partition coefficient (Wildman–Crippen LogP) is 2.45. The third kappa shape index (κ3) is 5.05. The number of aromatic nitrogens is 1. The van der Waals surface area contributed by atoms with Crippen LogP contribution in [0.2, 0.25) is 0 Å². The van der Waals surface area contributed by atoms with Crippen LogP contribution in [-0.4, -0.2) is 61.0 Å². The van der Waals surface area contributed by atoms with Crippen LogP contribution >= 0.6 is 11.3 Å². The smallest absolute Gasteiger partial charge is 0.291 e. The van der Waals surface area contributed by atoms with Gasteiger partial charge in [0.15, 0.2) is 5.13 Å². The van der Waals surface area contributed by atoms with E-state index >= 15 is 0 Å². The summed E-state index contributed by atoms with van der Waals surface area (Å²) in [4.78, 5) is 28.3. The van der Waals surface area contributed by atoms with E-state index in [1.807, 2.05) is 54.6 Å². The van der Waals surface area contributed by atoms with Gasteiger partial charge in [0.05, 0.1) is 24.6 Å². The van der Waals surface area contributed by atoms with E-state index in [2.05, 4.69) is 25.2 Å².